The van der Waals surface area contributed by atoms with E-state index in [0.29, 0.717) is 47.3 Å². The summed E-state index contributed by atoms with van der Waals surface area (Å²) >= 11 is 0. The van der Waals surface area contributed by atoms with Gasteiger partial charge in [0, 0.05) is 36.5 Å². The Morgan fingerprint density at radius 1 is 1.26 bits per heavy atom. The second kappa shape index (κ2) is 8.97. The average molecular weight is 460 g/mol. The second-order valence-electron chi connectivity index (χ2n) is 8.23. The number of benzene rings is 1. The molecule has 0 aliphatic carbocycles. The molecule has 0 saturated carbocycles. The first-order valence-electron chi connectivity index (χ1n) is 11.0. The van der Waals surface area contributed by atoms with Gasteiger partial charge in [-0.15, -0.1) is 0 Å². The van der Waals surface area contributed by atoms with Crippen LogP contribution in [0.4, 0.5) is 10.5 Å². The number of amides is 2. The number of aromatic nitrogens is 4. The monoisotopic (exact) mass is 460 g/mol. The van der Waals surface area contributed by atoms with Crippen molar-refractivity contribution in [3.63, 3.8) is 0 Å². The fourth-order valence-electron chi connectivity index (χ4n) is 4.24. The minimum Gasteiger partial charge on any atom is -0.453 e. The Morgan fingerprint density at radius 3 is 3.00 bits per heavy atom. The van der Waals surface area contributed by atoms with Gasteiger partial charge in [0.1, 0.15) is 11.3 Å². The van der Waals surface area contributed by atoms with Gasteiger partial charge in [-0.1, -0.05) is 23.4 Å². The predicted molar refractivity (Wildman–Crippen MR) is 123 cm³/mol. The molecule has 1 unspecified atom stereocenters. The van der Waals surface area contributed by atoms with Crippen molar-refractivity contribution in [3.8, 4) is 11.4 Å². The Morgan fingerprint density at radius 2 is 2.15 bits per heavy atom. The van der Waals surface area contributed by atoms with Crippen LogP contribution in [0.1, 0.15) is 34.8 Å². The molecule has 0 bridgehead atoms. The highest BCUT2D eigenvalue weighted by Gasteiger charge is 2.31. The molecule has 1 fully saturated rings. The van der Waals surface area contributed by atoms with E-state index in [0.717, 1.165) is 18.4 Å². The summed E-state index contributed by atoms with van der Waals surface area (Å²) in [5, 5.41) is 7.07. The van der Waals surface area contributed by atoms with E-state index in [1.54, 1.807) is 21.7 Å². The van der Waals surface area contributed by atoms with E-state index in [9.17, 15) is 9.59 Å². The minimum atomic E-state index is -0.341. The van der Waals surface area contributed by atoms with Crippen molar-refractivity contribution in [3.05, 3.63) is 65.9 Å². The molecule has 4 aromatic rings. The van der Waals surface area contributed by atoms with Gasteiger partial charge >= 0.3 is 6.09 Å². The number of hydrogen-bond acceptors (Lipinski definition) is 7. The zero-order chi connectivity index (χ0) is 23.7. The van der Waals surface area contributed by atoms with Gasteiger partial charge in [0.25, 0.3) is 5.91 Å². The van der Waals surface area contributed by atoms with Gasteiger partial charge in [0.15, 0.2) is 0 Å². The number of imidazole rings is 1. The number of methoxy groups -OCH3 is 1. The van der Waals surface area contributed by atoms with E-state index in [1.807, 2.05) is 43.3 Å². The van der Waals surface area contributed by atoms with Crippen molar-refractivity contribution in [2.45, 2.75) is 32.2 Å². The number of rotatable bonds is 5. The zero-order valence-corrected chi connectivity index (χ0v) is 18.9. The maximum Gasteiger partial charge on any atom is 0.409 e. The molecule has 0 spiro atoms. The number of nitrogens with zero attached hydrogens (tertiary/aromatic N) is 5. The van der Waals surface area contributed by atoms with Crippen molar-refractivity contribution in [1.82, 2.24) is 24.4 Å². The van der Waals surface area contributed by atoms with Crippen molar-refractivity contribution in [2.24, 2.45) is 0 Å². The molecule has 174 valence electrons. The number of carbonyl (C=O) groups is 2. The van der Waals surface area contributed by atoms with E-state index in [1.165, 1.54) is 7.11 Å². The smallest absolute Gasteiger partial charge is 0.409 e. The normalized spacial score (nSPS) is 15.6. The number of carbonyl (C=O) groups excluding carboxylic acids is 2. The quantitative estimate of drug-likeness (QED) is 0.483. The van der Waals surface area contributed by atoms with Crippen molar-refractivity contribution in [2.75, 3.05) is 19.0 Å². The van der Waals surface area contributed by atoms with Crippen LogP contribution in [0.5, 0.6) is 0 Å². The molecule has 34 heavy (non-hydrogen) atoms. The van der Waals surface area contributed by atoms with Gasteiger partial charge in [0.05, 0.1) is 13.3 Å². The maximum absolute atomic E-state index is 12.9. The number of anilines is 1. The Balaban J connectivity index is 1.33. The van der Waals surface area contributed by atoms with Crippen LogP contribution in [0.25, 0.3) is 17.0 Å². The van der Waals surface area contributed by atoms with Crippen LogP contribution >= 0.6 is 0 Å². The van der Waals surface area contributed by atoms with Gasteiger partial charge in [-0.25, -0.2) is 9.78 Å². The molecule has 2 amide bonds. The molecule has 10 heteroatoms. The molecule has 1 aromatic carbocycles. The van der Waals surface area contributed by atoms with Crippen LogP contribution in [0.3, 0.4) is 0 Å². The van der Waals surface area contributed by atoms with Crippen molar-refractivity contribution in [1.29, 1.82) is 0 Å². The highest BCUT2D eigenvalue weighted by molar-refractivity contribution is 6.04. The molecule has 5 rings (SSSR count). The Kier molecular flexibility index (Phi) is 5.70. The minimum absolute atomic E-state index is 0.0286. The SMILES string of the molecule is COC(=O)N1CCCC1Cc1nc(-c2ccc(C)c(NC(=O)c3cnc4ccccn34)c2)no1. The third-order valence-electron chi connectivity index (χ3n) is 6.06. The first-order chi connectivity index (χ1) is 16.5. The first-order valence-corrected chi connectivity index (χ1v) is 11.0. The summed E-state index contributed by atoms with van der Waals surface area (Å²) in [7, 11) is 1.38. The number of nitrogens with one attached hydrogen (secondary N) is 1. The maximum atomic E-state index is 12.9. The molecule has 1 saturated heterocycles. The van der Waals surface area contributed by atoms with E-state index in [2.05, 4.69) is 20.4 Å². The van der Waals surface area contributed by atoms with Gasteiger partial charge in [-0.2, -0.15) is 4.98 Å². The molecular weight excluding hydrogens is 436 g/mol. The topological polar surface area (TPSA) is 115 Å². The molecule has 1 N–H and O–H groups in total. The Hall–Kier alpha value is -4.21. The number of ether oxygens (including phenoxy) is 1. The summed E-state index contributed by atoms with van der Waals surface area (Å²) in [4.78, 5) is 35.4. The molecule has 4 heterocycles. The number of aryl methyl sites for hydroxylation is 1. The summed E-state index contributed by atoms with van der Waals surface area (Å²) in [6.07, 6.45) is 5.24. The standard InChI is InChI=1S/C24H24N6O4/c1-15-8-9-16(12-18(15)26-23(31)19-14-25-20-7-3-4-10-30(19)20)22-27-21(34-28-22)13-17-6-5-11-29(17)24(32)33-2/h3-4,7-10,12,14,17H,5-6,11,13H2,1-2H3,(H,26,31). The number of hydrogen-bond donors (Lipinski definition) is 1. The Labute approximate surface area is 195 Å². The van der Waals surface area contributed by atoms with Gasteiger partial charge in [0.2, 0.25) is 11.7 Å². The molecule has 1 aliphatic heterocycles. The lowest BCUT2D eigenvalue weighted by Crippen LogP contribution is -2.36. The summed E-state index contributed by atoms with van der Waals surface area (Å²) in [6.45, 7) is 2.57. The van der Waals surface area contributed by atoms with E-state index in [4.69, 9.17) is 9.26 Å². The fourth-order valence-corrected chi connectivity index (χ4v) is 4.24. The highest BCUT2D eigenvalue weighted by atomic mass is 16.5. The van der Waals surface area contributed by atoms with Crippen molar-refractivity contribution >= 4 is 23.3 Å². The highest BCUT2D eigenvalue weighted by Crippen LogP contribution is 2.26. The first kappa shape index (κ1) is 21.6. The second-order valence-corrected chi connectivity index (χ2v) is 8.23. The number of pyridine rings is 1. The lowest BCUT2D eigenvalue weighted by Gasteiger charge is -2.21. The number of fused-ring (bicyclic) bond motifs is 1. The summed E-state index contributed by atoms with van der Waals surface area (Å²) in [5.41, 5.74) is 3.39. The molecule has 1 atom stereocenters. The van der Waals surface area contributed by atoms with Crippen LogP contribution in [0.15, 0.2) is 53.3 Å². The van der Waals surface area contributed by atoms with Crippen LogP contribution in [0, 0.1) is 6.92 Å². The predicted octanol–water partition coefficient (Wildman–Crippen LogP) is 3.72. The molecule has 1 aliphatic rings. The molecular formula is C24H24N6O4. The number of likely N-dealkylation sites (tertiary alicyclic amines) is 1. The third-order valence-corrected chi connectivity index (χ3v) is 6.06. The summed E-state index contributed by atoms with van der Waals surface area (Å²) < 4.78 is 12.1. The van der Waals surface area contributed by atoms with E-state index >= 15 is 0 Å². The van der Waals surface area contributed by atoms with E-state index < -0.39 is 0 Å². The lowest BCUT2D eigenvalue weighted by molar-refractivity contribution is 0.102. The zero-order valence-electron chi connectivity index (χ0n) is 18.9. The molecule has 0 radical (unpaired) electrons. The summed E-state index contributed by atoms with van der Waals surface area (Å²) in [6, 6.07) is 11.1. The van der Waals surface area contributed by atoms with Crippen LogP contribution in [0.2, 0.25) is 0 Å². The van der Waals surface area contributed by atoms with Crippen LogP contribution in [-0.4, -0.2) is 56.1 Å². The fraction of sp³-hybridized carbons (Fsp3) is 0.292. The van der Waals surface area contributed by atoms with Gasteiger partial charge in [-0.05, 0) is 43.5 Å². The average Bonchev–Trinajstić information content (AvgIpc) is 3.60. The Bertz CT molecular complexity index is 1360. The van der Waals surface area contributed by atoms with E-state index in [-0.39, 0.29) is 18.0 Å². The largest absolute Gasteiger partial charge is 0.453 e. The van der Waals surface area contributed by atoms with Gasteiger partial charge in [-0.3, -0.25) is 9.20 Å². The van der Waals surface area contributed by atoms with Crippen LogP contribution < -0.4 is 5.32 Å². The summed E-state index contributed by atoms with van der Waals surface area (Å²) in [5.74, 6) is 0.604. The molecule has 10 nitrogen and oxygen atoms in total. The van der Waals surface area contributed by atoms with Gasteiger partial charge < -0.3 is 19.5 Å². The third kappa shape index (κ3) is 4.09. The molecule has 3 aromatic heterocycles. The van der Waals surface area contributed by atoms with Crippen LogP contribution in [-0.2, 0) is 11.2 Å². The van der Waals surface area contributed by atoms with Crippen molar-refractivity contribution < 1.29 is 18.8 Å². The lowest BCUT2D eigenvalue weighted by atomic mass is 10.1.